The number of benzene rings is 2. The maximum Gasteiger partial charge on any atom is 0.280 e. The zero-order valence-electron chi connectivity index (χ0n) is 14.2. The number of nitrogens with zero attached hydrogens (tertiary/aromatic N) is 2. The van der Waals surface area contributed by atoms with Crippen LogP contribution in [-0.4, -0.2) is 23.3 Å². The Morgan fingerprint density at radius 1 is 1.12 bits per heavy atom. The van der Waals surface area contributed by atoms with Gasteiger partial charge in [0.25, 0.3) is 5.91 Å². The third kappa shape index (κ3) is 2.56. The fourth-order valence-corrected chi connectivity index (χ4v) is 3.27. The number of hydrogen-bond acceptors (Lipinski definition) is 4. The molecule has 0 aliphatic carbocycles. The number of fused-ring (bicyclic) bond motifs is 1. The molecule has 1 aliphatic heterocycles. The number of amides is 2. The Balaban J connectivity index is 1.71. The molecule has 0 bridgehead atoms. The van der Waals surface area contributed by atoms with Crippen LogP contribution in [0.5, 0.6) is 0 Å². The van der Waals surface area contributed by atoms with Crippen LogP contribution in [0.15, 0.2) is 59.0 Å². The van der Waals surface area contributed by atoms with E-state index < -0.39 is 11.8 Å². The molecule has 2 heterocycles. The van der Waals surface area contributed by atoms with E-state index >= 15 is 0 Å². The van der Waals surface area contributed by atoms with Gasteiger partial charge in [-0.25, -0.2) is 4.98 Å². The summed E-state index contributed by atoms with van der Waals surface area (Å²) in [5.41, 5.74) is 8.00. The predicted molar refractivity (Wildman–Crippen MR) is 96.7 cm³/mol. The van der Waals surface area contributed by atoms with Crippen LogP contribution in [0.4, 0.5) is 5.69 Å². The summed E-state index contributed by atoms with van der Waals surface area (Å²) in [7, 11) is 0. The maximum atomic E-state index is 13.1. The van der Waals surface area contributed by atoms with Crippen molar-refractivity contribution in [2.24, 2.45) is 5.73 Å². The molecule has 0 saturated carbocycles. The quantitative estimate of drug-likeness (QED) is 0.789. The zero-order chi connectivity index (χ0) is 18.3. The van der Waals surface area contributed by atoms with E-state index in [0.29, 0.717) is 17.3 Å². The van der Waals surface area contributed by atoms with Crippen LogP contribution < -0.4 is 10.6 Å². The van der Waals surface area contributed by atoms with E-state index in [1.807, 2.05) is 54.6 Å². The topological polar surface area (TPSA) is 89.4 Å². The van der Waals surface area contributed by atoms with E-state index in [-0.39, 0.29) is 18.1 Å². The highest BCUT2D eigenvalue weighted by molar-refractivity contribution is 6.08. The Morgan fingerprint density at radius 2 is 1.81 bits per heavy atom. The third-order valence-electron chi connectivity index (χ3n) is 4.58. The Labute approximate surface area is 150 Å². The Bertz CT molecular complexity index is 995. The fraction of sp³-hybridized carbons (Fsp3) is 0.150. The molecule has 2 aromatic carbocycles. The van der Waals surface area contributed by atoms with Crippen LogP contribution in [0.3, 0.4) is 0 Å². The summed E-state index contributed by atoms with van der Waals surface area (Å²) in [6, 6.07) is 16.7. The summed E-state index contributed by atoms with van der Waals surface area (Å²) in [6.07, 6.45) is 0. The average molecular weight is 347 g/mol. The van der Waals surface area contributed by atoms with Crippen LogP contribution in [-0.2, 0) is 4.79 Å². The van der Waals surface area contributed by atoms with Crippen molar-refractivity contribution in [2.45, 2.75) is 12.8 Å². The molecule has 0 fully saturated rings. The molecule has 6 nitrogen and oxygen atoms in total. The number of primary amides is 1. The van der Waals surface area contributed by atoms with Gasteiger partial charge in [-0.3, -0.25) is 9.59 Å². The lowest BCUT2D eigenvalue weighted by Crippen LogP contribution is -2.33. The Kier molecular flexibility index (Phi) is 3.80. The number of nitrogens with two attached hydrogens (primary N) is 1. The van der Waals surface area contributed by atoms with Gasteiger partial charge >= 0.3 is 0 Å². The summed E-state index contributed by atoms with van der Waals surface area (Å²) in [6.45, 7) is 1.92. The lowest BCUT2D eigenvalue weighted by atomic mass is 10.0. The molecule has 1 atom stereocenters. The fourth-order valence-electron chi connectivity index (χ4n) is 3.27. The van der Waals surface area contributed by atoms with Crippen molar-refractivity contribution in [3.8, 4) is 11.5 Å². The minimum atomic E-state index is -0.518. The van der Waals surface area contributed by atoms with E-state index in [9.17, 15) is 9.59 Å². The average Bonchev–Trinajstić information content (AvgIpc) is 3.23. The van der Waals surface area contributed by atoms with E-state index in [1.54, 1.807) is 11.8 Å². The third-order valence-corrected chi connectivity index (χ3v) is 4.58. The van der Waals surface area contributed by atoms with Crippen LogP contribution in [0, 0.1) is 6.92 Å². The number of anilines is 1. The summed E-state index contributed by atoms with van der Waals surface area (Å²) in [5.74, 6) is -0.436. The Hall–Kier alpha value is -3.41. The molecule has 130 valence electrons. The Morgan fingerprint density at radius 3 is 2.54 bits per heavy atom. The van der Waals surface area contributed by atoms with Gasteiger partial charge in [-0.05, 0) is 30.7 Å². The molecule has 1 aromatic heterocycles. The van der Waals surface area contributed by atoms with Gasteiger partial charge in [0.05, 0.1) is 5.92 Å². The van der Waals surface area contributed by atoms with Crippen LogP contribution in [0.25, 0.3) is 11.5 Å². The first-order valence-corrected chi connectivity index (χ1v) is 8.29. The molecule has 4 rings (SSSR count). The minimum absolute atomic E-state index is 0.209. The number of para-hydroxylation sites is 1. The van der Waals surface area contributed by atoms with Gasteiger partial charge < -0.3 is 15.1 Å². The first-order chi connectivity index (χ1) is 12.6. The maximum absolute atomic E-state index is 13.1. The van der Waals surface area contributed by atoms with Gasteiger partial charge in [-0.1, -0.05) is 36.4 Å². The molecule has 0 saturated heterocycles. The molecule has 6 heteroatoms. The van der Waals surface area contributed by atoms with Crippen molar-refractivity contribution >= 4 is 17.5 Å². The second-order valence-corrected chi connectivity index (χ2v) is 6.22. The zero-order valence-corrected chi connectivity index (χ0v) is 14.2. The number of carbonyl (C=O) groups is 2. The van der Waals surface area contributed by atoms with Gasteiger partial charge in [-0.2, -0.15) is 0 Å². The van der Waals surface area contributed by atoms with E-state index in [1.165, 1.54) is 0 Å². The molecule has 2 amide bonds. The van der Waals surface area contributed by atoms with Gasteiger partial charge in [0, 0.05) is 17.8 Å². The van der Waals surface area contributed by atoms with E-state index in [0.717, 1.165) is 11.1 Å². The normalized spacial score (nSPS) is 15.7. The molecule has 0 radical (unpaired) electrons. The highest BCUT2D eigenvalue weighted by atomic mass is 16.4. The molecule has 0 spiro atoms. The number of carbonyl (C=O) groups excluding carboxylic acids is 2. The molecular formula is C20H17N3O3. The van der Waals surface area contributed by atoms with E-state index in [2.05, 4.69) is 4.98 Å². The molecular weight excluding hydrogens is 330 g/mol. The lowest BCUT2D eigenvalue weighted by molar-refractivity contribution is -0.119. The standard InChI is InChI=1S/C20H17N3O3/c1-12-17(22-19(26-12)13-7-3-2-4-8-13)20(25)23-11-15(18(21)24)14-9-5-6-10-16(14)23/h2-10,15H,11H2,1H3,(H2,21,24)/t15-/m1/s1. The van der Waals surface area contributed by atoms with Gasteiger partial charge in [0.1, 0.15) is 5.76 Å². The number of aromatic nitrogens is 1. The van der Waals surface area contributed by atoms with Crippen molar-refractivity contribution in [1.29, 1.82) is 0 Å². The first kappa shape index (κ1) is 16.1. The first-order valence-electron chi connectivity index (χ1n) is 8.29. The molecule has 0 unspecified atom stereocenters. The molecule has 2 N–H and O–H groups in total. The van der Waals surface area contributed by atoms with Crippen molar-refractivity contribution < 1.29 is 14.0 Å². The minimum Gasteiger partial charge on any atom is -0.441 e. The summed E-state index contributed by atoms with van der Waals surface area (Å²) in [4.78, 5) is 30.8. The SMILES string of the molecule is Cc1oc(-c2ccccc2)nc1C(=O)N1C[C@@H](C(N)=O)c2ccccc21. The number of oxazole rings is 1. The summed E-state index contributed by atoms with van der Waals surface area (Å²) in [5, 5.41) is 0. The van der Waals surface area contributed by atoms with E-state index in [4.69, 9.17) is 10.2 Å². The second kappa shape index (κ2) is 6.15. The highest BCUT2D eigenvalue weighted by Gasteiger charge is 2.37. The second-order valence-electron chi connectivity index (χ2n) is 6.22. The monoisotopic (exact) mass is 347 g/mol. The van der Waals surface area contributed by atoms with Crippen LogP contribution in [0.2, 0.25) is 0 Å². The number of aryl methyl sites for hydroxylation is 1. The van der Waals surface area contributed by atoms with Gasteiger partial charge in [0.15, 0.2) is 5.69 Å². The largest absolute Gasteiger partial charge is 0.441 e. The van der Waals surface area contributed by atoms with Gasteiger partial charge in [-0.15, -0.1) is 0 Å². The van der Waals surface area contributed by atoms with Crippen LogP contribution >= 0.6 is 0 Å². The lowest BCUT2D eigenvalue weighted by Gasteiger charge is -2.16. The van der Waals surface area contributed by atoms with Gasteiger partial charge in [0.2, 0.25) is 11.8 Å². The molecule has 26 heavy (non-hydrogen) atoms. The van der Waals surface area contributed by atoms with Crippen LogP contribution in [0.1, 0.15) is 27.7 Å². The molecule has 1 aliphatic rings. The van der Waals surface area contributed by atoms with Crippen molar-refractivity contribution in [1.82, 2.24) is 4.98 Å². The van der Waals surface area contributed by atoms with Crippen molar-refractivity contribution in [3.63, 3.8) is 0 Å². The summed E-state index contributed by atoms with van der Waals surface area (Å²) >= 11 is 0. The smallest absolute Gasteiger partial charge is 0.280 e. The number of hydrogen-bond donors (Lipinski definition) is 1. The highest BCUT2D eigenvalue weighted by Crippen LogP contribution is 2.37. The van der Waals surface area contributed by atoms with Crippen molar-refractivity contribution in [3.05, 3.63) is 71.6 Å². The molecule has 3 aromatic rings. The predicted octanol–water partition coefficient (Wildman–Crippen LogP) is 2.88. The number of rotatable bonds is 3. The summed E-state index contributed by atoms with van der Waals surface area (Å²) < 4.78 is 5.69. The van der Waals surface area contributed by atoms with Crippen molar-refractivity contribution in [2.75, 3.05) is 11.4 Å².